The molecular weight excluding hydrogens is 462 g/mol. The van der Waals surface area contributed by atoms with Gasteiger partial charge in [0.15, 0.2) is 11.5 Å². The topological polar surface area (TPSA) is 115 Å². The molecule has 2 aromatic rings. The molecule has 0 bridgehead atoms. The predicted octanol–water partition coefficient (Wildman–Crippen LogP) is 4.20. The van der Waals surface area contributed by atoms with Crippen LogP contribution in [0.25, 0.3) is 0 Å². The van der Waals surface area contributed by atoms with Gasteiger partial charge in [-0.3, -0.25) is 9.59 Å². The summed E-state index contributed by atoms with van der Waals surface area (Å²) in [5.74, 6) is 0.952. The molecule has 0 aliphatic rings. The number of hydrogen-bond acceptors (Lipinski definition) is 6. The maximum Gasteiger partial charge on any atom is 0.407 e. The molecule has 9 nitrogen and oxygen atoms in total. The number of carbonyl (C=O) groups is 3. The molecule has 3 N–H and O–H groups in total. The molecule has 0 radical (unpaired) electrons. The van der Waals surface area contributed by atoms with Crippen molar-refractivity contribution in [1.82, 2.24) is 10.6 Å². The standard InChI is InChI=1S/C27H37N3O6/c1-6-35-22-13-11-19(17-23(22)34-5)12-14-24(31)29-18-20-9-7-8-10-21(20)30-25(32)15-16-28-26(33)36-27(2,3)4/h7-11,13,17H,6,12,14-16,18H2,1-5H3,(H,28,33)(H,29,31)(H,30,32). The summed E-state index contributed by atoms with van der Waals surface area (Å²) in [6.07, 6.45) is 0.382. The molecule has 36 heavy (non-hydrogen) atoms. The Kier molecular flexibility index (Phi) is 11.1. The first-order chi connectivity index (χ1) is 17.1. The lowest BCUT2D eigenvalue weighted by Gasteiger charge is -2.19. The molecule has 0 aliphatic heterocycles. The van der Waals surface area contributed by atoms with E-state index in [4.69, 9.17) is 14.2 Å². The minimum atomic E-state index is -0.600. The first-order valence-electron chi connectivity index (χ1n) is 12.0. The van der Waals surface area contributed by atoms with Crippen LogP contribution in [0.15, 0.2) is 42.5 Å². The largest absolute Gasteiger partial charge is 0.493 e. The Balaban J connectivity index is 1.81. The van der Waals surface area contributed by atoms with E-state index in [1.54, 1.807) is 40.0 Å². The summed E-state index contributed by atoms with van der Waals surface area (Å²) in [7, 11) is 1.59. The lowest BCUT2D eigenvalue weighted by molar-refractivity contribution is -0.121. The second-order valence-corrected chi connectivity index (χ2v) is 9.08. The second-order valence-electron chi connectivity index (χ2n) is 9.08. The van der Waals surface area contributed by atoms with Crippen LogP contribution < -0.4 is 25.4 Å². The molecule has 0 heterocycles. The SMILES string of the molecule is CCOc1ccc(CCC(=O)NCc2ccccc2NC(=O)CCNC(=O)OC(C)(C)C)cc1OC. The molecule has 0 spiro atoms. The summed E-state index contributed by atoms with van der Waals surface area (Å²) in [5.41, 5.74) is 1.76. The number of amides is 3. The van der Waals surface area contributed by atoms with Crippen LogP contribution in [0.1, 0.15) is 51.7 Å². The van der Waals surface area contributed by atoms with Crippen LogP contribution in [0, 0.1) is 0 Å². The van der Waals surface area contributed by atoms with Gasteiger partial charge in [-0.15, -0.1) is 0 Å². The van der Waals surface area contributed by atoms with Gasteiger partial charge < -0.3 is 30.2 Å². The van der Waals surface area contributed by atoms with Gasteiger partial charge in [-0.25, -0.2) is 4.79 Å². The number of carbonyl (C=O) groups excluding carboxylic acids is 3. The highest BCUT2D eigenvalue weighted by atomic mass is 16.6. The average Bonchev–Trinajstić information content (AvgIpc) is 2.81. The third-order valence-electron chi connectivity index (χ3n) is 4.96. The van der Waals surface area contributed by atoms with Crippen molar-refractivity contribution in [1.29, 1.82) is 0 Å². The van der Waals surface area contributed by atoms with E-state index in [1.165, 1.54) is 0 Å². The number of ether oxygens (including phenoxy) is 3. The highest BCUT2D eigenvalue weighted by Gasteiger charge is 2.16. The zero-order valence-corrected chi connectivity index (χ0v) is 21.7. The van der Waals surface area contributed by atoms with Crippen molar-refractivity contribution in [2.24, 2.45) is 0 Å². The van der Waals surface area contributed by atoms with Crippen molar-refractivity contribution < 1.29 is 28.6 Å². The third-order valence-corrected chi connectivity index (χ3v) is 4.96. The van der Waals surface area contributed by atoms with Crippen LogP contribution in [0.4, 0.5) is 10.5 Å². The van der Waals surface area contributed by atoms with Gasteiger partial charge in [-0.05, 0) is 63.4 Å². The number of para-hydroxylation sites is 1. The van der Waals surface area contributed by atoms with Gasteiger partial charge in [-0.1, -0.05) is 24.3 Å². The lowest BCUT2D eigenvalue weighted by atomic mass is 10.1. The van der Waals surface area contributed by atoms with E-state index in [9.17, 15) is 14.4 Å². The second kappa shape index (κ2) is 14.0. The van der Waals surface area contributed by atoms with Crippen LogP contribution in [-0.2, 0) is 27.3 Å². The van der Waals surface area contributed by atoms with E-state index < -0.39 is 11.7 Å². The van der Waals surface area contributed by atoms with Crippen molar-refractivity contribution in [2.45, 2.75) is 59.1 Å². The number of rotatable bonds is 12. The molecular formula is C27H37N3O6. The first-order valence-corrected chi connectivity index (χ1v) is 12.0. The van der Waals surface area contributed by atoms with Gasteiger partial charge in [0, 0.05) is 31.6 Å². The number of aryl methyl sites for hydroxylation is 1. The van der Waals surface area contributed by atoms with Crippen LogP contribution in [0.2, 0.25) is 0 Å². The maximum atomic E-state index is 12.4. The third kappa shape index (κ3) is 10.2. The Morgan fingerprint density at radius 3 is 2.36 bits per heavy atom. The molecule has 2 aromatic carbocycles. The predicted molar refractivity (Wildman–Crippen MR) is 138 cm³/mol. The number of alkyl carbamates (subject to hydrolysis) is 1. The summed E-state index contributed by atoms with van der Waals surface area (Å²) < 4.78 is 16.0. The Morgan fingerprint density at radius 2 is 1.67 bits per heavy atom. The molecule has 0 unspecified atom stereocenters. The van der Waals surface area contributed by atoms with Crippen molar-refractivity contribution in [3.05, 3.63) is 53.6 Å². The van der Waals surface area contributed by atoms with E-state index >= 15 is 0 Å². The van der Waals surface area contributed by atoms with Crippen molar-refractivity contribution in [2.75, 3.05) is 25.6 Å². The van der Waals surface area contributed by atoms with Gasteiger partial charge in [0.2, 0.25) is 11.8 Å². The van der Waals surface area contributed by atoms with Crippen LogP contribution in [0.3, 0.4) is 0 Å². The van der Waals surface area contributed by atoms with Crippen molar-refractivity contribution >= 4 is 23.6 Å². The van der Waals surface area contributed by atoms with E-state index in [0.29, 0.717) is 36.6 Å². The van der Waals surface area contributed by atoms with E-state index in [1.807, 2.05) is 37.3 Å². The summed E-state index contributed by atoms with van der Waals surface area (Å²) >= 11 is 0. The molecule has 0 aromatic heterocycles. The van der Waals surface area contributed by atoms with Crippen molar-refractivity contribution in [3.8, 4) is 11.5 Å². The smallest absolute Gasteiger partial charge is 0.407 e. The minimum absolute atomic E-state index is 0.0888. The van der Waals surface area contributed by atoms with Gasteiger partial charge in [0.25, 0.3) is 0 Å². The van der Waals surface area contributed by atoms with Crippen LogP contribution >= 0.6 is 0 Å². The maximum absolute atomic E-state index is 12.4. The average molecular weight is 500 g/mol. The van der Waals surface area contributed by atoms with Gasteiger partial charge >= 0.3 is 6.09 Å². The van der Waals surface area contributed by atoms with E-state index in [2.05, 4.69) is 16.0 Å². The number of hydrogen-bond donors (Lipinski definition) is 3. The zero-order valence-electron chi connectivity index (χ0n) is 21.7. The number of nitrogens with one attached hydrogen (secondary N) is 3. The number of benzene rings is 2. The number of anilines is 1. The summed E-state index contributed by atoms with van der Waals surface area (Å²) in [6.45, 7) is 8.19. The number of methoxy groups -OCH3 is 1. The van der Waals surface area contributed by atoms with Gasteiger partial charge in [0.05, 0.1) is 13.7 Å². The molecule has 9 heteroatoms. The van der Waals surface area contributed by atoms with Crippen molar-refractivity contribution in [3.63, 3.8) is 0 Å². The zero-order chi connectivity index (χ0) is 26.6. The quantitative estimate of drug-likeness (QED) is 0.403. The van der Waals surface area contributed by atoms with Crippen LogP contribution in [0.5, 0.6) is 11.5 Å². The normalized spacial score (nSPS) is 10.8. The Morgan fingerprint density at radius 1 is 0.917 bits per heavy atom. The highest BCUT2D eigenvalue weighted by Crippen LogP contribution is 2.28. The fraction of sp³-hybridized carbons (Fsp3) is 0.444. The fourth-order valence-corrected chi connectivity index (χ4v) is 3.28. The fourth-order valence-electron chi connectivity index (χ4n) is 3.28. The molecule has 196 valence electrons. The Hall–Kier alpha value is -3.75. The van der Waals surface area contributed by atoms with Gasteiger partial charge in [-0.2, -0.15) is 0 Å². The Labute approximate surface area is 212 Å². The summed E-state index contributed by atoms with van der Waals surface area (Å²) in [6, 6.07) is 12.9. The molecule has 0 atom stereocenters. The molecule has 0 aliphatic carbocycles. The van der Waals surface area contributed by atoms with Crippen LogP contribution in [-0.4, -0.2) is 43.8 Å². The first kappa shape index (κ1) is 28.5. The monoisotopic (exact) mass is 499 g/mol. The van der Waals surface area contributed by atoms with E-state index in [0.717, 1.165) is 11.1 Å². The molecule has 2 rings (SSSR count). The molecule has 3 amide bonds. The Bertz CT molecular complexity index is 1030. The van der Waals surface area contributed by atoms with Gasteiger partial charge in [0.1, 0.15) is 5.60 Å². The lowest BCUT2D eigenvalue weighted by Crippen LogP contribution is -2.34. The molecule has 0 saturated heterocycles. The van der Waals surface area contributed by atoms with E-state index in [-0.39, 0.29) is 31.3 Å². The highest BCUT2D eigenvalue weighted by molar-refractivity contribution is 5.92. The summed E-state index contributed by atoms with van der Waals surface area (Å²) in [5, 5.41) is 8.30. The molecule has 0 fully saturated rings. The summed E-state index contributed by atoms with van der Waals surface area (Å²) in [4.78, 5) is 36.5. The minimum Gasteiger partial charge on any atom is -0.493 e. The molecule has 0 saturated carbocycles.